The van der Waals surface area contributed by atoms with Gasteiger partial charge in [-0.2, -0.15) is 13.2 Å². The first-order valence-corrected chi connectivity index (χ1v) is 4.07. The number of unbranched alkanes of at least 4 members (excludes halogenated alkanes) is 1. The van der Waals surface area contributed by atoms with Crippen molar-refractivity contribution in [3.8, 4) is 0 Å². The van der Waals surface area contributed by atoms with Gasteiger partial charge in [0.25, 0.3) is 0 Å². The van der Waals surface area contributed by atoms with Gasteiger partial charge >= 0.3 is 6.68 Å². The standard InChI is InChI=1S/C7H12N2.CHF3/c1-2-3-4-7-8-5-6-9-7;2-1(3)4/h5-6H,2-4H2,1H3,(H,8,9);1H. The van der Waals surface area contributed by atoms with Crippen molar-refractivity contribution in [3.05, 3.63) is 18.2 Å². The highest BCUT2D eigenvalue weighted by molar-refractivity contribution is 4.86. The van der Waals surface area contributed by atoms with Crippen molar-refractivity contribution in [1.29, 1.82) is 0 Å². The number of halogens is 3. The van der Waals surface area contributed by atoms with Gasteiger partial charge in [-0.25, -0.2) is 4.98 Å². The molecule has 0 bridgehead atoms. The molecule has 0 aromatic carbocycles. The summed E-state index contributed by atoms with van der Waals surface area (Å²) in [6, 6.07) is 0. The minimum absolute atomic E-state index is 1.09. The van der Waals surface area contributed by atoms with Gasteiger partial charge in [0.15, 0.2) is 0 Å². The van der Waals surface area contributed by atoms with Gasteiger partial charge in [-0.3, -0.25) is 0 Å². The van der Waals surface area contributed by atoms with Crippen LogP contribution in [0.15, 0.2) is 12.4 Å². The molecule has 5 heteroatoms. The van der Waals surface area contributed by atoms with E-state index in [2.05, 4.69) is 16.9 Å². The fraction of sp³-hybridized carbons (Fsp3) is 0.625. The van der Waals surface area contributed by atoms with Crippen molar-refractivity contribution in [2.75, 3.05) is 0 Å². The second-order valence-electron chi connectivity index (χ2n) is 2.39. The molecule has 0 amide bonds. The molecule has 0 unspecified atom stereocenters. The first-order chi connectivity index (χ1) is 6.16. The number of alkyl halides is 3. The molecule has 1 aromatic heterocycles. The fourth-order valence-electron chi connectivity index (χ4n) is 0.779. The minimum atomic E-state index is -3.67. The average molecular weight is 194 g/mol. The molecule has 76 valence electrons. The SMILES string of the molecule is CCCCc1ncc[nH]1.FC(F)F. The molecule has 0 aliphatic carbocycles. The largest absolute Gasteiger partial charge is 0.379 e. The molecule has 1 N–H and O–H groups in total. The van der Waals surface area contributed by atoms with Crippen LogP contribution in [0.25, 0.3) is 0 Å². The number of hydrogen-bond acceptors (Lipinski definition) is 1. The molecule has 1 aromatic rings. The maximum absolute atomic E-state index is 9.67. The van der Waals surface area contributed by atoms with Crippen molar-refractivity contribution in [1.82, 2.24) is 9.97 Å². The van der Waals surface area contributed by atoms with Gasteiger partial charge in [-0.15, -0.1) is 0 Å². The number of aromatic amines is 1. The fourth-order valence-corrected chi connectivity index (χ4v) is 0.779. The van der Waals surface area contributed by atoms with Gasteiger partial charge in [-0.1, -0.05) is 13.3 Å². The Morgan fingerprint density at radius 2 is 2.08 bits per heavy atom. The van der Waals surface area contributed by atoms with Gasteiger partial charge in [0, 0.05) is 18.8 Å². The molecule has 0 radical (unpaired) electrons. The maximum Gasteiger partial charge on any atom is 0.379 e. The topological polar surface area (TPSA) is 28.7 Å². The summed E-state index contributed by atoms with van der Waals surface area (Å²) in [6.07, 6.45) is 7.22. The molecule has 0 saturated carbocycles. The molecule has 1 rings (SSSR count). The summed E-state index contributed by atoms with van der Waals surface area (Å²) < 4.78 is 29.0. The van der Waals surface area contributed by atoms with E-state index in [4.69, 9.17) is 0 Å². The Labute approximate surface area is 75.2 Å². The Morgan fingerprint density at radius 3 is 2.46 bits per heavy atom. The van der Waals surface area contributed by atoms with E-state index in [9.17, 15) is 13.2 Å². The first-order valence-electron chi connectivity index (χ1n) is 4.07. The molecule has 0 fully saturated rings. The number of hydrogen-bond donors (Lipinski definition) is 1. The second-order valence-corrected chi connectivity index (χ2v) is 2.39. The number of aromatic nitrogens is 2. The number of H-pyrrole nitrogens is 1. The molecule has 0 saturated heterocycles. The lowest BCUT2D eigenvalue weighted by atomic mass is 10.2. The lowest BCUT2D eigenvalue weighted by molar-refractivity contribution is 0.00819. The molecular formula is C8H13F3N2. The van der Waals surface area contributed by atoms with Gasteiger partial charge in [-0.05, 0) is 6.42 Å². The minimum Gasteiger partial charge on any atom is -0.349 e. The van der Waals surface area contributed by atoms with Crippen molar-refractivity contribution < 1.29 is 13.2 Å². The lowest BCUT2D eigenvalue weighted by Gasteiger charge is -1.90. The normalized spacial score (nSPS) is 9.62. The lowest BCUT2D eigenvalue weighted by Crippen LogP contribution is -1.85. The molecule has 0 atom stereocenters. The zero-order chi connectivity index (χ0) is 10.1. The van der Waals surface area contributed by atoms with Crippen molar-refractivity contribution in [3.63, 3.8) is 0 Å². The van der Waals surface area contributed by atoms with Crippen molar-refractivity contribution >= 4 is 0 Å². The Hall–Kier alpha value is -1.00. The van der Waals surface area contributed by atoms with Crippen LogP contribution < -0.4 is 0 Å². The molecule has 0 spiro atoms. The summed E-state index contributed by atoms with van der Waals surface area (Å²) in [7, 11) is 0. The van der Waals surface area contributed by atoms with Crippen LogP contribution >= 0.6 is 0 Å². The van der Waals surface area contributed by atoms with Crippen LogP contribution in [0.3, 0.4) is 0 Å². The van der Waals surface area contributed by atoms with Crippen molar-refractivity contribution in [2.45, 2.75) is 32.9 Å². The molecule has 13 heavy (non-hydrogen) atoms. The maximum atomic E-state index is 9.67. The van der Waals surface area contributed by atoms with Gasteiger partial charge in [0.1, 0.15) is 5.82 Å². The Kier molecular flexibility index (Phi) is 7.05. The van der Waals surface area contributed by atoms with E-state index in [1.807, 2.05) is 6.20 Å². The van der Waals surface area contributed by atoms with Gasteiger partial charge in [0.2, 0.25) is 0 Å². The highest BCUT2D eigenvalue weighted by Gasteiger charge is 1.90. The summed E-state index contributed by atoms with van der Waals surface area (Å²) in [5.74, 6) is 1.11. The number of nitrogens with zero attached hydrogens (tertiary/aromatic N) is 1. The van der Waals surface area contributed by atoms with Crippen molar-refractivity contribution in [2.24, 2.45) is 0 Å². The molecule has 0 aliphatic heterocycles. The number of nitrogens with one attached hydrogen (secondary N) is 1. The van der Waals surface area contributed by atoms with Gasteiger partial charge < -0.3 is 4.98 Å². The van der Waals surface area contributed by atoms with E-state index in [0.717, 1.165) is 12.2 Å². The Balaban J connectivity index is 0.000000310. The monoisotopic (exact) mass is 194 g/mol. The summed E-state index contributed by atoms with van der Waals surface area (Å²) in [5, 5.41) is 0. The van der Waals surface area contributed by atoms with E-state index in [-0.39, 0.29) is 0 Å². The Morgan fingerprint density at radius 1 is 1.46 bits per heavy atom. The van der Waals surface area contributed by atoms with Crippen LogP contribution in [0.1, 0.15) is 25.6 Å². The summed E-state index contributed by atoms with van der Waals surface area (Å²) in [5.41, 5.74) is 0. The van der Waals surface area contributed by atoms with Crippen LogP contribution in [-0.4, -0.2) is 16.6 Å². The van der Waals surface area contributed by atoms with E-state index >= 15 is 0 Å². The number of rotatable bonds is 3. The third-order valence-electron chi connectivity index (χ3n) is 1.32. The number of aryl methyl sites for hydroxylation is 1. The highest BCUT2D eigenvalue weighted by atomic mass is 19.4. The van der Waals surface area contributed by atoms with E-state index < -0.39 is 6.68 Å². The zero-order valence-electron chi connectivity index (χ0n) is 7.43. The third-order valence-corrected chi connectivity index (χ3v) is 1.32. The molecule has 0 aliphatic rings. The quantitative estimate of drug-likeness (QED) is 0.787. The molecule has 1 heterocycles. The van der Waals surface area contributed by atoms with E-state index in [1.54, 1.807) is 6.20 Å². The zero-order valence-corrected chi connectivity index (χ0v) is 7.43. The highest BCUT2D eigenvalue weighted by Crippen LogP contribution is 1.96. The van der Waals surface area contributed by atoms with Crippen LogP contribution in [0.5, 0.6) is 0 Å². The van der Waals surface area contributed by atoms with Crippen LogP contribution in [-0.2, 0) is 6.42 Å². The summed E-state index contributed by atoms with van der Waals surface area (Å²) >= 11 is 0. The molecule has 2 nitrogen and oxygen atoms in total. The predicted molar refractivity (Wildman–Crippen MR) is 44.3 cm³/mol. The third kappa shape index (κ3) is 8.91. The van der Waals surface area contributed by atoms with E-state index in [1.165, 1.54) is 12.8 Å². The van der Waals surface area contributed by atoms with Crippen LogP contribution in [0.2, 0.25) is 0 Å². The first kappa shape index (κ1) is 12.0. The van der Waals surface area contributed by atoms with Gasteiger partial charge in [0.05, 0.1) is 0 Å². The smallest absolute Gasteiger partial charge is 0.349 e. The molecular weight excluding hydrogens is 181 g/mol. The average Bonchev–Trinajstić information content (AvgIpc) is 2.51. The predicted octanol–water partition coefficient (Wildman–Crippen LogP) is 2.93. The summed E-state index contributed by atoms with van der Waals surface area (Å²) in [4.78, 5) is 7.16. The summed E-state index contributed by atoms with van der Waals surface area (Å²) in [6.45, 7) is -1.48. The second kappa shape index (κ2) is 7.64. The number of imidazole rings is 1. The van der Waals surface area contributed by atoms with E-state index in [0.29, 0.717) is 0 Å². The van der Waals surface area contributed by atoms with Crippen LogP contribution in [0, 0.1) is 0 Å². The van der Waals surface area contributed by atoms with Crippen LogP contribution in [0.4, 0.5) is 13.2 Å². The Bertz CT molecular complexity index is 185.